The second-order valence-electron chi connectivity index (χ2n) is 9.87. The zero-order valence-electron chi connectivity index (χ0n) is 22.3. The summed E-state index contributed by atoms with van der Waals surface area (Å²) in [6.07, 6.45) is 0.0562. The summed E-state index contributed by atoms with van der Waals surface area (Å²) in [7, 11) is 0. The molecule has 12 nitrogen and oxygen atoms in total. The number of aromatic hydroxyl groups is 1. The number of aliphatic carboxylic acids is 2. The Morgan fingerprint density at radius 2 is 1.37 bits per heavy atom. The molecule has 1 aromatic rings. The molecule has 0 saturated heterocycles. The first-order valence-electron chi connectivity index (χ1n) is 12.6. The Morgan fingerprint density at radius 1 is 0.842 bits per heavy atom. The van der Waals surface area contributed by atoms with Crippen molar-refractivity contribution in [3.8, 4) is 5.75 Å². The Balaban J connectivity index is 3.15. The molecule has 8 N–H and O–H groups in total. The van der Waals surface area contributed by atoms with Crippen molar-refractivity contribution in [3.05, 3.63) is 29.8 Å². The van der Waals surface area contributed by atoms with Crippen molar-refractivity contribution in [2.24, 2.45) is 17.6 Å². The van der Waals surface area contributed by atoms with Crippen molar-refractivity contribution < 1.29 is 39.3 Å². The van der Waals surface area contributed by atoms with Crippen LogP contribution in [0.3, 0.4) is 0 Å². The molecule has 0 bridgehead atoms. The van der Waals surface area contributed by atoms with E-state index in [0.29, 0.717) is 12.0 Å². The largest absolute Gasteiger partial charge is 0.508 e. The van der Waals surface area contributed by atoms with Crippen molar-refractivity contribution in [1.82, 2.24) is 16.0 Å². The normalized spacial score (nSPS) is 15.0. The number of phenols is 1. The Bertz CT molecular complexity index is 966. The molecule has 0 radical (unpaired) electrons. The highest BCUT2D eigenvalue weighted by Gasteiger charge is 2.31. The number of hydrogen-bond acceptors (Lipinski definition) is 7. The second kappa shape index (κ2) is 15.6. The van der Waals surface area contributed by atoms with Crippen LogP contribution in [0.4, 0.5) is 0 Å². The van der Waals surface area contributed by atoms with Gasteiger partial charge in [0.2, 0.25) is 17.7 Å². The van der Waals surface area contributed by atoms with E-state index in [4.69, 9.17) is 10.8 Å². The summed E-state index contributed by atoms with van der Waals surface area (Å²) in [5, 5.41) is 35.4. The summed E-state index contributed by atoms with van der Waals surface area (Å²) in [5.74, 6) is -4.80. The lowest BCUT2D eigenvalue weighted by Gasteiger charge is -2.27. The summed E-state index contributed by atoms with van der Waals surface area (Å²) < 4.78 is 0. The number of nitrogens with one attached hydrogen (secondary N) is 3. The van der Waals surface area contributed by atoms with Gasteiger partial charge >= 0.3 is 11.9 Å². The molecule has 1 rings (SSSR count). The van der Waals surface area contributed by atoms with E-state index in [9.17, 15) is 34.2 Å². The van der Waals surface area contributed by atoms with Gasteiger partial charge in [0, 0.05) is 12.8 Å². The lowest BCUT2D eigenvalue weighted by atomic mass is 9.97. The zero-order valence-corrected chi connectivity index (χ0v) is 22.3. The van der Waals surface area contributed by atoms with Gasteiger partial charge < -0.3 is 37.0 Å². The van der Waals surface area contributed by atoms with E-state index in [0.717, 1.165) is 0 Å². The molecule has 0 aromatic heterocycles. The molecule has 12 heteroatoms. The van der Waals surface area contributed by atoms with E-state index < -0.39 is 60.2 Å². The van der Waals surface area contributed by atoms with E-state index >= 15 is 0 Å². The summed E-state index contributed by atoms with van der Waals surface area (Å²) in [4.78, 5) is 61.5. The zero-order chi connectivity index (χ0) is 29.0. The van der Waals surface area contributed by atoms with Crippen LogP contribution in [0.1, 0.15) is 58.9 Å². The Kier molecular flexibility index (Phi) is 13.2. The van der Waals surface area contributed by atoms with Crippen molar-refractivity contribution in [3.63, 3.8) is 0 Å². The first-order chi connectivity index (χ1) is 17.7. The van der Waals surface area contributed by atoms with Gasteiger partial charge in [0.05, 0.1) is 6.04 Å². The molecular weight excluding hydrogens is 496 g/mol. The van der Waals surface area contributed by atoms with E-state index in [1.54, 1.807) is 12.1 Å². The van der Waals surface area contributed by atoms with Gasteiger partial charge in [-0.2, -0.15) is 0 Å². The fraction of sp³-hybridized carbons (Fsp3) is 0.577. The van der Waals surface area contributed by atoms with Crippen molar-refractivity contribution in [2.45, 2.75) is 84.0 Å². The number of carboxylic acids is 2. The Labute approximate surface area is 222 Å². The number of carbonyl (C=O) groups is 5. The van der Waals surface area contributed by atoms with Crippen LogP contribution in [0.15, 0.2) is 24.3 Å². The van der Waals surface area contributed by atoms with Gasteiger partial charge in [0.25, 0.3) is 0 Å². The van der Waals surface area contributed by atoms with Gasteiger partial charge in [-0.05, 0) is 42.4 Å². The van der Waals surface area contributed by atoms with Crippen LogP contribution >= 0.6 is 0 Å². The van der Waals surface area contributed by atoms with Gasteiger partial charge in [0.1, 0.15) is 23.9 Å². The predicted molar refractivity (Wildman–Crippen MR) is 139 cm³/mol. The van der Waals surface area contributed by atoms with Gasteiger partial charge in [-0.3, -0.25) is 19.2 Å². The monoisotopic (exact) mass is 536 g/mol. The highest BCUT2D eigenvalue weighted by atomic mass is 16.4. The molecule has 0 aliphatic carbocycles. The number of nitrogens with two attached hydrogens (primary N) is 1. The lowest BCUT2D eigenvalue weighted by molar-refractivity contribution is -0.143. The SMILES string of the molecule is CCC(C)C(N)C(=O)NC(Cc1ccc(O)cc1)C(=O)NC(CC(C)C)C(=O)NC(CCC(=O)O)C(=O)O. The quantitative estimate of drug-likeness (QED) is 0.159. The molecule has 0 aliphatic heterocycles. The highest BCUT2D eigenvalue weighted by Crippen LogP contribution is 2.13. The summed E-state index contributed by atoms with van der Waals surface area (Å²) in [6, 6.07) is 1.48. The van der Waals surface area contributed by atoms with Crippen LogP contribution in [-0.4, -0.2) is 69.1 Å². The standard InChI is InChI=1S/C26H40N4O8/c1-5-15(4)22(27)25(36)30-20(13-16-6-8-17(31)9-7-16)24(35)29-19(12-14(2)3)23(34)28-18(26(37)38)10-11-21(32)33/h6-9,14-15,18-20,22,31H,5,10-13,27H2,1-4H3,(H,28,34)(H,29,35)(H,30,36)(H,32,33)(H,37,38). The van der Waals surface area contributed by atoms with Crippen LogP contribution in [0, 0.1) is 11.8 Å². The summed E-state index contributed by atoms with van der Waals surface area (Å²) in [5.41, 5.74) is 6.67. The predicted octanol–water partition coefficient (Wildman–Crippen LogP) is 0.758. The van der Waals surface area contributed by atoms with Crippen molar-refractivity contribution >= 4 is 29.7 Å². The van der Waals surface area contributed by atoms with Crippen LogP contribution in [0.25, 0.3) is 0 Å². The Morgan fingerprint density at radius 3 is 1.87 bits per heavy atom. The third kappa shape index (κ3) is 11.2. The van der Waals surface area contributed by atoms with Gasteiger partial charge in [-0.15, -0.1) is 0 Å². The number of phenolic OH excluding ortho intramolecular Hbond substituents is 1. The first kappa shape index (κ1) is 32.4. The minimum absolute atomic E-state index is 0.0298. The molecular formula is C26H40N4O8. The fourth-order valence-corrected chi connectivity index (χ4v) is 3.63. The molecule has 0 fully saturated rings. The maximum absolute atomic E-state index is 13.4. The van der Waals surface area contributed by atoms with Crippen molar-refractivity contribution in [2.75, 3.05) is 0 Å². The topological polar surface area (TPSA) is 208 Å². The van der Waals surface area contributed by atoms with E-state index in [1.165, 1.54) is 12.1 Å². The molecule has 0 saturated carbocycles. The molecule has 5 atom stereocenters. The van der Waals surface area contributed by atoms with Crippen LogP contribution in [-0.2, 0) is 30.4 Å². The molecule has 212 valence electrons. The van der Waals surface area contributed by atoms with Gasteiger partial charge in [0.15, 0.2) is 0 Å². The lowest BCUT2D eigenvalue weighted by Crippen LogP contribution is -2.58. The maximum atomic E-state index is 13.4. The molecule has 0 spiro atoms. The molecule has 0 aliphatic rings. The Hall–Kier alpha value is -3.67. The molecule has 3 amide bonds. The molecule has 38 heavy (non-hydrogen) atoms. The molecule has 5 unspecified atom stereocenters. The number of benzene rings is 1. The van der Waals surface area contributed by atoms with Crippen molar-refractivity contribution in [1.29, 1.82) is 0 Å². The van der Waals surface area contributed by atoms with Crippen LogP contribution in [0.2, 0.25) is 0 Å². The third-order valence-corrected chi connectivity index (χ3v) is 6.17. The minimum Gasteiger partial charge on any atom is -0.508 e. The maximum Gasteiger partial charge on any atom is 0.326 e. The van der Waals surface area contributed by atoms with Crippen LogP contribution < -0.4 is 21.7 Å². The minimum atomic E-state index is -1.45. The van der Waals surface area contributed by atoms with Crippen LogP contribution in [0.5, 0.6) is 5.75 Å². The number of rotatable bonds is 16. The second-order valence-corrected chi connectivity index (χ2v) is 9.87. The fourth-order valence-electron chi connectivity index (χ4n) is 3.63. The third-order valence-electron chi connectivity index (χ3n) is 6.17. The average molecular weight is 537 g/mol. The van der Waals surface area contributed by atoms with E-state index in [-0.39, 0.29) is 36.8 Å². The number of hydrogen-bond donors (Lipinski definition) is 7. The highest BCUT2D eigenvalue weighted by molar-refractivity contribution is 5.94. The summed E-state index contributed by atoms with van der Waals surface area (Å²) in [6.45, 7) is 7.32. The van der Waals surface area contributed by atoms with Gasteiger partial charge in [-0.25, -0.2) is 4.79 Å². The smallest absolute Gasteiger partial charge is 0.326 e. The molecule has 1 aromatic carbocycles. The number of carboxylic acid groups (broad SMARTS) is 2. The first-order valence-corrected chi connectivity index (χ1v) is 12.6. The number of amides is 3. The molecule has 0 heterocycles. The number of carbonyl (C=O) groups excluding carboxylic acids is 3. The van der Waals surface area contributed by atoms with E-state index in [2.05, 4.69) is 16.0 Å². The van der Waals surface area contributed by atoms with E-state index in [1.807, 2.05) is 27.7 Å². The van der Waals surface area contributed by atoms with Gasteiger partial charge in [-0.1, -0.05) is 46.2 Å². The average Bonchev–Trinajstić information content (AvgIpc) is 2.85. The summed E-state index contributed by atoms with van der Waals surface area (Å²) >= 11 is 0.